The lowest BCUT2D eigenvalue weighted by atomic mass is 10.00. The summed E-state index contributed by atoms with van der Waals surface area (Å²) in [5, 5.41) is 7.88. The summed E-state index contributed by atoms with van der Waals surface area (Å²) in [6, 6.07) is 53.5. The van der Waals surface area contributed by atoms with Gasteiger partial charge in [0.1, 0.15) is 22.3 Å². The molecule has 2 aromatic heterocycles. The molecule has 3 heteroatoms. The molecule has 9 aromatic carbocycles. The monoisotopic (exact) mass is 681 g/mol. The molecule has 0 saturated heterocycles. The average Bonchev–Trinajstić information content (AvgIpc) is 3.83. The Morgan fingerprint density at radius 2 is 1.02 bits per heavy atom. The SMILES string of the molecule is [2H]c1c([2H])c(N(c2ccc(-c3ccc4c(c3)oc3ccccc34)cc2)c2cccc3oc4c5ccccc5ccc4c23)c([2H])c([2H])c1-c1ccc2ccccc2c1. The Hall–Kier alpha value is -7.10. The van der Waals surface area contributed by atoms with E-state index in [0.717, 1.165) is 71.0 Å². The summed E-state index contributed by atoms with van der Waals surface area (Å²) < 4.78 is 50.8. The van der Waals surface area contributed by atoms with Crippen LogP contribution in [0.15, 0.2) is 197 Å². The van der Waals surface area contributed by atoms with Crippen LogP contribution in [-0.4, -0.2) is 0 Å². The summed E-state index contributed by atoms with van der Waals surface area (Å²) in [5.41, 5.74) is 7.39. The van der Waals surface area contributed by atoms with Crippen LogP contribution in [0.3, 0.4) is 0 Å². The maximum atomic E-state index is 9.59. The second-order valence-electron chi connectivity index (χ2n) is 13.4. The molecule has 0 fully saturated rings. The van der Waals surface area contributed by atoms with Crippen LogP contribution in [0, 0.1) is 0 Å². The molecule has 0 bridgehead atoms. The fourth-order valence-corrected chi connectivity index (χ4v) is 7.73. The molecule has 0 unspecified atom stereocenters. The van der Waals surface area contributed by atoms with Crippen molar-refractivity contribution in [3.05, 3.63) is 188 Å². The minimum Gasteiger partial charge on any atom is -0.456 e. The first-order chi connectivity index (χ1) is 27.9. The number of furan rings is 2. The molecule has 0 radical (unpaired) electrons. The lowest BCUT2D eigenvalue weighted by molar-refractivity contribution is 0.669. The Morgan fingerprint density at radius 1 is 0.377 bits per heavy atom. The van der Waals surface area contributed by atoms with E-state index in [0.29, 0.717) is 22.5 Å². The van der Waals surface area contributed by atoms with Gasteiger partial charge < -0.3 is 13.7 Å². The zero-order chi connectivity index (χ0) is 38.4. The third kappa shape index (κ3) is 4.82. The molecule has 0 N–H and O–H groups in total. The van der Waals surface area contributed by atoms with Crippen molar-refractivity contribution in [1.29, 1.82) is 0 Å². The number of rotatable bonds is 5. The normalized spacial score (nSPS) is 12.8. The molecule has 0 amide bonds. The van der Waals surface area contributed by atoms with Crippen molar-refractivity contribution >= 4 is 82.5 Å². The predicted octanol–water partition coefficient (Wildman–Crippen LogP) is 14.6. The van der Waals surface area contributed by atoms with Crippen LogP contribution in [0.1, 0.15) is 5.48 Å². The Morgan fingerprint density at radius 3 is 1.89 bits per heavy atom. The van der Waals surface area contributed by atoms with Crippen molar-refractivity contribution in [2.75, 3.05) is 4.90 Å². The van der Waals surface area contributed by atoms with E-state index in [4.69, 9.17) is 8.83 Å². The molecule has 0 aliphatic carbocycles. The third-order valence-corrected chi connectivity index (χ3v) is 10.3. The molecule has 2 heterocycles. The number of fused-ring (bicyclic) bond motifs is 9. The predicted molar refractivity (Wildman–Crippen MR) is 222 cm³/mol. The van der Waals surface area contributed by atoms with Crippen molar-refractivity contribution in [3.63, 3.8) is 0 Å². The third-order valence-electron chi connectivity index (χ3n) is 10.3. The van der Waals surface area contributed by atoms with Gasteiger partial charge in [-0.3, -0.25) is 0 Å². The molecular formula is C50H31NO2. The van der Waals surface area contributed by atoms with E-state index in [9.17, 15) is 5.48 Å². The smallest absolute Gasteiger partial charge is 0.143 e. The molecule has 3 nitrogen and oxygen atoms in total. The van der Waals surface area contributed by atoms with Crippen LogP contribution in [0.2, 0.25) is 0 Å². The van der Waals surface area contributed by atoms with E-state index in [1.54, 1.807) is 0 Å². The van der Waals surface area contributed by atoms with E-state index in [2.05, 4.69) is 42.5 Å². The Kier molecular flexibility index (Phi) is 5.71. The van der Waals surface area contributed by atoms with Crippen molar-refractivity contribution < 1.29 is 14.3 Å². The fraction of sp³-hybridized carbons (Fsp3) is 0. The molecule has 0 aliphatic rings. The van der Waals surface area contributed by atoms with E-state index in [1.165, 1.54) is 0 Å². The Labute approximate surface area is 311 Å². The lowest BCUT2D eigenvalue weighted by Gasteiger charge is -2.26. The van der Waals surface area contributed by atoms with Gasteiger partial charge in [-0.15, -0.1) is 0 Å². The van der Waals surface area contributed by atoms with Gasteiger partial charge in [0, 0.05) is 32.9 Å². The van der Waals surface area contributed by atoms with Gasteiger partial charge in [-0.2, -0.15) is 0 Å². The maximum Gasteiger partial charge on any atom is 0.143 e. The number of nitrogens with zero attached hydrogens (tertiary/aromatic N) is 1. The molecule has 0 aliphatic heterocycles. The summed E-state index contributed by atoms with van der Waals surface area (Å²) in [4.78, 5) is 1.85. The van der Waals surface area contributed by atoms with Gasteiger partial charge >= 0.3 is 0 Å². The average molecular weight is 682 g/mol. The van der Waals surface area contributed by atoms with E-state index in [1.807, 2.05) is 126 Å². The second kappa shape index (κ2) is 11.7. The molecule has 248 valence electrons. The zero-order valence-corrected chi connectivity index (χ0v) is 28.4. The molecule has 0 spiro atoms. The minimum absolute atomic E-state index is 0.114. The van der Waals surface area contributed by atoms with Gasteiger partial charge in [-0.25, -0.2) is 0 Å². The van der Waals surface area contributed by atoms with Crippen molar-refractivity contribution in [1.82, 2.24) is 0 Å². The summed E-state index contributed by atoms with van der Waals surface area (Å²) in [6.07, 6.45) is 0. The van der Waals surface area contributed by atoms with Gasteiger partial charge in [-0.1, -0.05) is 121 Å². The van der Waals surface area contributed by atoms with Gasteiger partial charge in [0.25, 0.3) is 0 Å². The summed E-state index contributed by atoms with van der Waals surface area (Å²) in [5.74, 6) is 0. The topological polar surface area (TPSA) is 29.5 Å². The number of benzene rings is 9. The van der Waals surface area contributed by atoms with Crippen LogP contribution in [0.4, 0.5) is 17.1 Å². The highest BCUT2D eigenvalue weighted by Gasteiger charge is 2.21. The van der Waals surface area contributed by atoms with Gasteiger partial charge in [0.15, 0.2) is 0 Å². The van der Waals surface area contributed by atoms with Crippen molar-refractivity contribution in [2.45, 2.75) is 0 Å². The number of para-hydroxylation sites is 1. The molecule has 0 atom stereocenters. The Bertz CT molecular complexity index is 3390. The number of anilines is 3. The first-order valence-corrected chi connectivity index (χ1v) is 17.7. The fourth-order valence-electron chi connectivity index (χ4n) is 7.73. The standard InChI is InChI=1S/C50H31NO2/c1-2-10-36-30-37(17-16-32(36)8-1)33-18-24-39(25-19-33)51(45-13-7-15-47-49(45)44-29-22-35-9-3-4-11-41(35)50(44)53-47)40-26-20-34(21-27-40)38-23-28-43-42-12-5-6-14-46(42)52-48(43)31-38/h1-31H/i18D,19D,24D,25D. The highest BCUT2D eigenvalue weighted by molar-refractivity contribution is 6.19. The highest BCUT2D eigenvalue weighted by atomic mass is 16.3. The van der Waals surface area contributed by atoms with Crippen molar-refractivity contribution in [2.24, 2.45) is 0 Å². The zero-order valence-electron chi connectivity index (χ0n) is 32.4. The molecule has 0 saturated carbocycles. The largest absolute Gasteiger partial charge is 0.456 e. The van der Waals surface area contributed by atoms with Gasteiger partial charge in [0.05, 0.1) is 16.6 Å². The lowest BCUT2D eigenvalue weighted by Crippen LogP contribution is -2.10. The summed E-state index contributed by atoms with van der Waals surface area (Å²) >= 11 is 0. The summed E-state index contributed by atoms with van der Waals surface area (Å²) in [6.45, 7) is 0. The van der Waals surface area contributed by atoms with Crippen LogP contribution in [0.5, 0.6) is 0 Å². The summed E-state index contributed by atoms with van der Waals surface area (Å²) in [7, 11) is 0. The first kappa shape index (κ1) is 25.8. The van der Waals surface area contributed by atoms with E-state index >= 15 is 0 Å². The maximum absolute atomic E-state index is 9.59. The molecule has 11 aromatic rings. The van der Waals surface area contributed by atoms with Crippen LogP contribution < -0.4 is 4.90 Å². The molecule has 53 heavy (non-hydrogen) atoms. The number of hydrogen-bond acceptors (Lipinski definition) is 3. The minimum atomic E-state index is -0.145. The van der Waals surface area contributed by atoms with E-state index < -0.39 is 0 Å². The number of hydrogen-bond donors (Lipinski definition) is 0. The van der Waals surface area contributed by atoms with Crippen LogP contribution in [-0.2, 0) is 0 Å². The quantitative estimate of drug-likeness (QED) is 0.181. The van der Waals surface area contributed by atoms with Crippen LogP contribution in [0.25, 0.3) is 87.7 Å². The van der Waals surface area contributed by atoms with Crippen molar-refractivity contribution in [3.8, 4) is 22.3 Å². The van der Waals surface area contributed by atoms with Crippen LogP contribution >= 0.6 is 0 Å². The molecular weight excluding hydrogens is 647 g/mol. The van der Waals surface area contributed by atoms with Gasteiger partial charge in [-0.05, 0) is 105 Å². The van der Waals surface area contributed by atoms with E-state index in [-0.39, 0.29) is 35.4 Å². The Balaban J connectivity index is 1.12. The molecule has 11 rings (SSSR count). The van der Waals surface area contributed by atoms with Gasteiger partial charge in [0.2, 0.25) is 0 Å². The highest BCUT2D eigenvalue weighted by Crippen LogP contribution is 2.45. The first-order valence-electron chi connectivity index (χ1n) is 19.7. The second-order valence-corrected chi connectivity index (χ2v) is 13.4.